The number of carboxylic acid groups (broad SMARTS) is 1. The minimum Gasteiger partial charge on any atom is -0.480 e. The molecule has 1 rings (SSSR count). The zero-order valence-electron chi connectivity index (χ0n) is 11.9. The van der Waals surface area contributed by atoms with Crippen molar-refractivity contribution < 1.29 is 24.3 Å². The predicted octanol–water partition coefficient (Wildman–Crippen LogP) is -1.42. The molecular formula is C12H20N4O5. The van der Waals surface area contributed by atoms with E-state index in [0.29, 0.717) is 19.5 Å². The molecule has 1 heterocycles. The van der Waals surface area contributed by atoms with Crippen molar-refractivity contribution in [2.24, 2.45) is 5.73 Å². The number of aliphatic carboxylic acids is 1. The quantitative estimate of drug-likeness (QED) is 0.573. The molecule has 9 nitrogen and oxygen atoms in total. The van der Waals surface area contributed by atoms with Crippen molar-refractivity contribution in [1.82, 2.24) is 15.1 Å². The number of carbonyl (C=O) groups is 4. The van der Waals surface area contributed by atoms with Gasteiger partial charge in [-0.15, -0.1) is 0 Å². The topological polar surface area (TPSA) is 133 Å². The third kappa shape index (κ3) is 5.28. The van der Waals surface area contributed by atoms with Gasteiger partial charge in [0.1, 0.15) is 12.6 Å². The molecule has 0 radical (unpaired) electrons. The molecule has 1 atom stereocenters. The third-order valence-corrected chi connectivity index (χ3v) is 3.24. The fraction of sp³-hybridized carbons (Fsp3) is 0.667. The summed E-state index contributed by atoms with van der Waals surface area (Å²) < 4.78 is 0. The summed E-state index contributed by atoms with van der Waals surface area (Å²) in [6.45, 7) is 0.821. The van der Waals surface area contributed by atoms with Crippen LogP contribution in [0.2, 0.25) is 0 Å². The first-order valence-corrected chi connectivity index (χ1v) is 6.61. The molecule has 4 amide bonds. The van der Waals surface area contributed by atoms with E-state index < -0.39 is 23.9 Å². The van der Waals surface area contributed by atoms with Crippen molar-refractivity contribution in [3.8, 4) is 0 Å². The predicted molar refractivity (Wildman–Crippen MR) is 72.2 cm³/mol. The largest absolute Gasteiger partial charge is 0.480 e. The number of likely N-dealkylation sites (N-methyl/N-ethyl adjacent to an activating group) is 1. The summed E-state index contributed by atoms with van der Waals surface area (Å²) >= 11 is 0. The molecule has 1 aliphatic heterocycles. The Morgan fingerprint density at radius 3 is 2.62 bits per heavy atom. The fourth-order valence-corrected chi connectivity index (χ4v) is 1.94. The van der Waals surface area contributed by atoms with Crippen molar-refractivity contribution in [3.63, 3.8) is 0 Å². The normalized spacial score (nSPS) is 17.1. The van der Waals surface area contributed by atoms with E-state index in [4.69, 9.17) is 10.8 Å². The molecule has 0 saturated carbocycles. The number of rotatable bonds is 5. The smallest absolute Gasteiger partial charge is 0.326 e. The SMILES string of the molecule is CN1CCCN(C(=O)NC(CCC(N)=O)C(=O)O)CC1=O. The van der Waals surface area contributed by atoms with Crippen molar-refractivity contribution in [2.75, 3.05) is 26.7 Å². The molecular weight excluding hydrogens is 280 g/mol. The number of amides is 4. The van der Waals surface area contributed by atoms with Gasteiger partial charge < -0.3 is 26.0 Å². The van der Waals surface area contributed by atoms with Crippen molar-refractivity contribution >= 4 is 23.8 Å². The number of nitrogens with one attached hydrogen (secondary N) is 1. The average Bonchev–Trinajstić information content (AvgIpc) is 2.56. The third-order valence-electron chi connectivity index (χ3n) is 3.24. The average molecular weight is 300 g/mol. The van der Waals surface area contributed by atoms with Gasteiger partial charge in [0.05, 0.1) is 0 Å². The van der Waals surface area contributed by atoms with Gasteiger partial charge in [-0.25, -0.2) is 9.59 Å². The van der Waals surface area contributed by atoms with Gasteiger partial charge in [0.15, 0.2) is 0 Å². The molecule has 9 heteroatoms. The number of hydrogen-bond acceptors (Lipinski definition) is 4. The number of carboxylic acids is 1. The standard InChI is InChI=1S/C12H20N4O5/c1-15-5-2-6-16(7-10(15)18)12(21)14-8(11(19)20)3-4-9(13)17/h8H,2-7H2,1H3,(H2,13,17)(H,14,21)(H,19,20). The van der Waals surface area contributed by atoms with Crippen LogP contribution in [0.1, 0.15) is 19.3 Å². The van der Waals surface area contributed by atoms with Crippen LogP contribution in [0.4, 0.5) is 4.79 Å². The summed E-state index contributed by atoms with van der Waals surface area (Å²) in [6.07, 6.45) is 0.395. The van der Waals surface area contributed by atoms with E-state index in [9.17, 15) is 19.2 Å². The number of hydrogen-bond donors (Lipinski definition) is 3. The Morgan fingerprint density at radius 2 is 2.05 bits per heavy atom. The number of urea groups is 1. The summed E-state index contributed by atoms with van der Waals surface area (Å²) in [5, 5.41) is 11.3. The van der Waals surface area contributed by atoms with Crippen molar-refractivity contribution in [3.05, 3.63) is 0 Å². The lowest BCUT2D eigenvalue weighted by Gasteiger charge is -2.23. The van der Waals surface area contributed by atoms with Crippen LogP contribution < -0.4 is 11.1 Å². The van der Waals surface area contributed by atoms with E-state index in [-0.39, 0.29) is 25.3 Å². The van der Waals surface area contributed by atoms with E-state index in [2.05, 4.69) is 5.32 Å². The lowest BCUT2D eigenvalue weighted by atomic mass is 10.1. The molecule has 21 heavy (non-hydrogen) atoms. The first-order chi connectivity index (χ1) is 9.81. The Hall–Kier alpha value is -2.32. The lowest BCUT2D eigenvalue weighted by Crippen LogP contribution is -2.49. The Labute approximate surface area is 122 Å². The van der Waals surface area contributed by atoms with E-state index in [0.717, 1.165) is 0 Å². The molecule has 0 spiro atoms. The van der Waals surface area contributed by atoms with E-state index in [1.807, 2.05) is 0 Å². The van der Waals surface area contributed by atoms with Gasteiger partial charge >= 0.3 is 12.0 Å². The highest BCUT2D eigenvalue weighted by atomic mass is 16.4. The zero-order chi connectivity index (χ0) is 16.0. The summed E-state index contributed by atoms with van der Waals surface area (Å²) in [6, 6.07) is -1.84. The van der Waals surface area contributed by atoms with Gasteiger partial charge in [-0.2, -0.15) is 0 Å². The molecule has 4 N–H and O–H groups in total. The van der Waals surface area contributed by atoms with Crippen LogP contribution in [0.3, 0.4) is 0 Å². The molecule has 0 aromatic heterocycles. The number of nitrogens with two attached hydrogens (primary N) is 1. The highest BCUT2D eigenvalue weighted by molar-refractivity contribution is 5.87. The Balaban J connectivity index is 2.61. The minimum absolute atomic E-state index is 0.0852. The molecule has 1 fully saturated rings. The molecule has 1 unspecified atom stereocenters. The first-order valence-electron chi connectivity index (χ1n) is 6.61. The molecule has 1 saturated heterocycles. The fourth-order valence-electron chi connectivity index (χ4n) is 1.94. The van der Waals surface area contributed by atoms with Gasteiger partial charge in [0.25, 0.3) is 0 Å². The van der Waals surface area contributed by atoms with Crippen LogP contribution >= 0.6 is 0 Å². The van der Waals surface area contributed by atoms with Crippen LogP contribution in [0.25, 0.3) is 0 Å². The maximum atomic E-state index is 12.0. The highest BCUT2D eigenvalue weighted by Gasteiger charge is 2.27. The second-order valence-corrected chi connectivity index (χ2v) is 4.94. The first kappa shape index (κ1) is 16.7. The maximum absolute atomic E-state index is 12.0. The van der Waals surface area contributed by atoms with Crippen LogP contribution in [0.5, 0.6) is 0 Å². The van der Waals surface area contributed by atoms with Crippen LogP contribution in [-0.2, 0) is 14.4 Å². The Morgan fingerprint density at radius 1 is 1.38 bits per heavy atom. The van der Waals surface area contributed by atoms with Gasteiger partial charge in [-0.3, -0.25) is 9.59 Å². The number of nitrogens with zero attached hydrogens (tertiary/aromatic N) is 2. The van der Waals surface area contributed by atoms with Gasteiger partial charge in [0.2, 0.25) is 11.8 Å². The molecule has 0 aliphatic carbocycles. The number of carbonyl (C=O) groups excluding carboxylic acids is 3. The zero-order valence-corrected chi connectivity index (χ0v) is 11.9. The van der Waals surface area contributed by atoms with E-state index in [1.54, 1.807) is 7.05 Å². The summed E-state index contributed by atoms with van der Waals surface area (Å²) in [5.74, 6) is -2.09. The van der Waals surface area contributed by atoms with Crippen molar-refractivity contribution in [2.45, 2.75) is 25.3 Å². The van der Waals surface area contributed by atoms with Gasteiger partial charge in [0, 0.05) is 26.6 Å². The van der Waals surface area contributed by atoms with E-state index in [1.165, 1.54) is 9.80 Å². The minimum atomic E-state index is -1.25. The Kier molecular flexibility index (Phi) is 5.94. The van der Waals surface area contributed by atoms with Crippen LogP contribution in [0.15, 0.2) is 0 Å². The van der Waals surface area contributed by atoms with Gasteiger partial charge in [-0.1, -0.05) is 0 Å². The summed E-state index contributed by atoms with van der Waals surface area (Å²) in [7, 11) is 1.65. The van der Waals surface area contributed by atoms with Crippen molar-refractivity contribution in [1.29, 1.82) is 0 Å². The summed E-state index contributed by atoms with van der Waals surface area (Å²) in [5.41, 5.74) is 4.96. The maximum Gasteiger partial charge on any atom is 0.326 e. The summed E-state index contributed by atoms with van der Waals surface area (Å²) in [4.78, 5) is 48.3. The van der Waals surface area contributed by atoms with Crippen LogP contribution in [-0.4, -0.2) is 71.4 Å². The highest BCUT2D eigenvalue weighted by Crippen LogP contribution is 2.05. The van der Waals surface area contributed by atoms with Crippen LogP contribution in [0, 0.1) is 0 Å². The molecule has 0 aromatic carbocycles. The Bertz CT molecular complexity index is 439. The second kappa shape index (κ2) is 7.46. The lowest BCUT2D eigenvalue weighted by molar-refractivity contribution is -0.139. The molecule has 0 aromatic rings. The monoisotopic (exact) mass is 300 g/mol. The second-order valence-electron chi connectivity index (χ2n) is 4.94. The molecule has 0 bridgehead atoms. The van der Waals surface area contributed by atoms with Gasteiger partial charge in [-0.05, 0) is 12.8 Å². The molecule has 118 valence electrons. The number of primary amides is 1. The molecule has 1 aliphatic rings. The van der Waals surface area contributed by atoms with E-state index >= 15 is 0 Å².